The van der Waals surface area contributed by atoms with Crippen molar-refractivity contribution in [1.82, 2.24) is 0 Å². The van der Waals surface area contributed by atoms with E-state index < -0.39 is 0 Å². The second-order valence-electron chi connectivity index (χ2n) is 5.73. The van der Waals surface area contributed by atoms with Gasteiger partial charge in [0.2, 0.25) is 0 Å². The zero-order valence-corrected chi connectivity index (χ0v) is 14.1. The third kappa shape index (κ3) is 2.13. The predicted molar refractivity (Wildman–Crippen MR) is 94.0 cm³/mol. The number of hydrogen-bond acceptors (Lipinski definition) is 0. The fourth-order valence-electron chi connectivity index (χ4n) is 3.61. The van der Waals surface area contributed by atoms with E-state index in [-0.39, 0.29) is 5.41 Å². The van der Waals surface area contributed by atoms with Crippen LogP contribution < -0.4 is 4.46 Å². The van der Waals surface area contributed by atoms with Gasteiger partial charge in [-0.15, -0.1) is 0 Å². The van der Waals surface area contributed by atoms with Crippen molar-refractivity contribution >= 4 is 19.4 Å². The molecule has 0 spiro atoms. The Kier molecular flexibility index (Phi) is 3.62. The van der Waals surface area contributed by atoms with Crippen LogP contribution in [0.5, 0.6) is 0 Å². The van der Waals surface area contributed by atoms with Crippen LogP contribution in [-0.2, 0) is 5.41 Å². The fourth-order valence-corrected chi connectivity index (χ4v) is 6.12. The average Bonchev–Trinajstić information content (AvgIpc) is 2.63. The van der Waals surface area contributed by atoms with E-state index in [4.69, 9.17) is 0 Å². The first-order valence-electron chi connectivity index (χ1n) is 7.75. The van der Waals surface area contributed by atoms with Gasteiger partial charge in [-0.3, -0.25) is 0 Å². The Morgan fingerprint density at radius 2 is 1.18 bits per heavy atom. The van der Waals surface area contributed by atoms with Crippen LogP contribution in [0.25, 0.3) is 0 Å². The summed E-state index contributed by atoms with van der Waals surface area (Å²) >= 11 is 0.601. The molecule has 0 aliphatic carbocycles. The topological polar surface area (TPSA) is 0 Å². The van der Waals surface area contributed by atoms with Gasteiger partial charge in [0.1, 0.15) is 0 Å². The van der Waals surface area contributed by atoms with E-state index in [1.807, 2.05) is 0 Å². The van der Waals surface area contributed by atoms with Crippen LogP contribution in [0.1, 0.15) is 23.1 Å². The fraction of sp³-hybridized carbons (Fsp3) is 0.143. The van der Waals surface area contributed by atoms with Crippen molar-refractivity contribution in [2.24, 2.45) is 0 Å². The summed E-state index contributed by atoms with van der Waals surface area (Å²) in [5.41, 5.74) is 4.37. The minimum absolute atomic E-state index is 0.0130. The molecule has 1 aliphatic rings. The average molecular weight is 349 g/mol. The molecule has 3 aromatic carbocycles. The van der Waals surface area contributed by atoms with E-state index in [9.17, 15) is 0 Å². The van der Waals surface area contributed by atoms with Crippen LogP contribution in [0.4, 0.5) is 0 Å². The summed E-state index contributed by atoms with van der Waals surface area (Å²) < 4.78 is 1.56. The number of rotatable bonds is 2. The van der Waals surface area contributed by atoms with Gasteiger partial charge in [0, 0.05) is 0 Å². The molecule has 0 fully saturated rings. The molecular weight excluding hydrogens is 331 g/mol. The molecule has 0 atom stereocenters. The zero-order chi connectivity index (χ0) is 14.8. The third-order valence-electron chi connectivity index (χ3n) is 4.61. The van der Waals surface area contributed by atoms with Crippen molar-refractivity contribution in [2.75, 3.05) is 0 Å². The first-order valence-corrected chi connectivity index (χ1v) is 9.81. The van der Waals surface area contributed by atoms with Crippen LogP contribution >= 0.6 is 0 Å². The summed E-state index contributed by atoms with van der Waals surface area (Å²) in [7, 11) is 0. The zero-order valence-electron chi connectivity index (χ0n) is 12.4. The summed E-state index contributed by atoms with van der Waals surface area (Å²) in [5, 5.41) is 1.30. The second kappa shape index (κ2) is 5.76. The molecular formula is C21H18Se. The van der Waals surface area contributed by atoms with Crippen molar-refractivity contribution in [1.29, 1.82) is 0 Å². The van der Waals surface area contributed by atoms with Gasteiger partial charge < -0.3 is 0 Å². The van der Waals surface area contributed by atoms with Gasteiger partial charge in [-0.25, -0.2) is 0 Å². The van der Waals surface area contributed by atoms with Gasteiger partial charge in [-0.2, -0.15) is 0 Å². The molecule has 0 unspecified atom stereocenters. The first kappa shape index (κ1) is 13.8. The van der Waals surface area contributed by atoms with Crippen molar-refractivity contribution in [3.8, 4) is 0 Å². The molecule has 0 bridgehead atoms. The maximum absolute atomic E-state index is 2.34. The normalized spacial score (nSPS) is 16.0. The molecule has 1 heteroatoms. The van der Waals surface area contributed by atoms with E-state index in [1.54, 1.807) is 4.46 Å². The van der Waals surface area contributed by atoms with Crippen molar-refractivity contribution in [3.05, 3.63) is 102 Å². The molecule has 0 amide bonds. The van der Waals surface area contributed by atoms with Crippen LogP contribution in [-0.4, -0.2) is 15.0 Å². The number of hydrogen-bond donors (Lipinski definition) is 0. The molecule has 4 rings (SSSR count). The molecule has 0 aromatic heterocycles. The molecule has 1 aliphatic heterocycles. The van der Waals surface area contributed by atoms with Gasteiger partial charge in [0.05, 0.1) is 0 Å². The van der Waals surface area contributed by atoms with Crippen molar-refractivity contribution < 1.29 is 0 Å². The predicted octanol–water partition coefficient (Wildman–Crippen LogP) is 4.17. The Morgan fingerprint density at radius 3 is 1.82 bits per heavy atom. The van der Waals surface area contributed by atoms with Crippen molar-refractivity contribution in [3.63, 3.8) is 0 Å². The quantitative estimate of drug-likeness (QED) is 0.609. The Bertz CT molecular complexity index is 723. The Balaban J connectivity index is 2.04. The summed E-state index contributed by atoms with van der Waals surface area (Å²) in [5.74, 6) is 0. The molecule has 1 heterocycles. The minimum atomic E-state index is 0.0130. The molecule has 22 heavy (non-hydrogen) atoms. The molecule has 3 aromatic rings. The molecule has 0 N–H and O–H groups in total. The molecule has 0 saturated heterocycles. The van der Waals surface area contributed by atoms with Gasteiger partial charge >= 0.3 is 138 Å². The Hall–Kier alpha value is -1.82. The monoisotopic (exact) mass is 350 g/mol. The van der Waals surface area contributed by atoms with E-state index in [0.29, 0.717) is 15.0 Å². The first-order chi connectivity index (χ1) is 10.9. The number of fused-ring (bicyclic) bond motifs is 1. The van der Waals surface area contributed by atoms with Gasteiger partial charge in [-0.1, -0.05) is 0 Å². The molecule has 0 saturated carbocycles. The van der Waals surface area contributed by atoms with Crippen LogP contribution in [0.3, 0.4) is 0 Å². The van der Waals surface area contributed by atoms with Crippen molar-refractivity contribution in [2.45, 2.75) is 17.2 Å². The maximum atomic E-state index is 2.34. The van der Waals surface area contributed by atoms with Gasteiger partial charge in [0.25, 0.3) is 0 Å². The van der Waals surface area contributed by atoms with Gasteiger partial charge in [0.15, 0.2) is 0 Å². The van der Waals surface area contributed by atoms with E-state index in [2.05, 4.69) is 84.9 Å². The molecule has 108 valence electrons. The summed E-state index contributed by atoms with van der Waals surface area (Å²) in [6.07, 6.45) is 1.21. The standard InChI is InChI=1S/C21H18Se/c1-3-9-17(10-4-1)21(18-11-5-2-6-12-18)15-16-22-20-14-8-7-13-19(20)21/h1-14H,15-16H2. The SMILES string of the molecule is c1ccc(C2(c3ccccc3)CC[Se]c3ccccc32)cc1. The van der Waals surface area contributed by atoms with E-state index >= 15 is 0 Å². The van der Waals surface area contributed by atoms with Crippen LogP contribution in [0.15, 0.2) is 84.9 Å². The summed E-state index contributed by atoms with van der Waals surface area (Å²) in [6.45, 7) is 0. The van der Waals surface area contributed by atoms with Gasteiger partial charge in [-0.05, 0) is 0 Å². The van der Waals surface area contributed by atoms with E-state index in [1.165, 1.54) is 28.4 Å². The third-order valence-corrected chi connectivity index (χ3v) is 6.87. The molecule has 0 radical (unpaired) electrons. The Morgan fingerprint density at radius 1 is 0.636 bits per heavy atom. The van der Waals surface area contributed by atoms with Crippen LogP contribution in [0.2, 0.25) is 5.32 Å². The van der Waals surface area contributed by atoms with Crippen LogP contribution in [0, 0.1) is 0 Å². The second-order valence-corrected chi connectivity index (χ2v) is 8.12. The summed E-state index contributed by atoms with van der Waals surface area (Å²) in [6, 6.07) is 31.1. The number of benzene rings is 3. The van der Waals surface area contributed by atoms with E-state index in [0.717, 1.165) is 0 Å². The Labute approximate surface area is 138 Å². The summed E-state index contributed by atoms with van der Waals surface area (Å²) in [4.78, 5) is 0. The molecule has 0 nitrogen and oxygen atoms in total.